The van der Waals surface area contributed by atoms with Gasteiger partial charge in [-0.2, -0.15) is 0 Å². The van der Waals surface area contributed by atoms with E-state index in [0.717, 1.165) is 12.8 Å². The number of piperidine rings is 1. The quantitative estimate of drug-likeness (QED) is 0.770. The number of carbonyl (C=O) groups is 1. The normalized spacial score (nSPS) is 18.0. The lowest BCUT2D eigenvalue weighted by Crippen LogP contribution is -2.42. The van der Waals surface area contributed by atoms with E-state index in [-0.39, 0.29) is 11.1 Å². The topological polar surface area (TPSA) is 59.0 Å². The Kier molecular flexibility index (Phi) is 6.77. The fourth-order valence-electron chi connectivity index (χ4n) is 2.79. The predicted molar refractivity (Wildman–Crippen MR) is 84.2 cm³/mol. The highest BCUT2D eigenvalue weighted by Crippen LogP contribution is 2.28. The van der Waals surface area contributed by atoms with Gasteiger partial charge in [0.25, 0.3) is 0 Å². The lowest BCUT2D eigenvalue weighted by Gasteiger charge is -2.35. The molecule has 0 radical (unpaired) electrons. The van der Waals surface area contributed by atoms with Crippen LogP contribution in [0.4, 0.5) is 4.39 Å². The van der Waals surface area contributed by atoms with Gasteiger partial charge in [-0.15, -0.1) is 0 Å². The summed E-state index contributed by atoms with van der Waals surface area (Å²) in [4.78, 5) is 13.5. The van der Waals surface area contributed by atoms with Crippen LogP contribution in [-0.4, -0.2) is 55.5 Å². The van der Waals surface area contributed by atoms with E-state index in [4.69, 9.17) is 21.1 Å². The van der Waals surface area contributed by atoms with Gasteiger partial charge in [-0.1, -0.05) is 17.7 Å². The van der Waals surface area contributed by atoms with Crippen molar-refractivity contribution in [3.05, 3.63) is 34.6 Å². The van der Waals surface area contributed by atoms with Crippen molar-refractivity contribution in [1.29, 1.82) is 0 Å². The Labute approximate surface area is 139 Å². The van der Waals surface area contributed by atoms with Crippen molar-refractivity contribution in [2.75, 3.05) is 33.4 Å². The number of carboxylic acids is 1. The first-order valence-electron chi connectivity index (χ1n) is 7.55. The molecule has 7 heteroatoms. The maximum atomic E-state index is 13.3. The molecule has 0 aliphatic carbocycles. The minimum Gasteiger partial charge on any atom is -0.480 e. The standard InChI is InChI=1S/C16H21ClFNO4/c1-22-8-9-23-12-4-6-19(7-5-12)15(16(20)21)11-2-3-14(18)13(17)10-11/h2-3,10,12,15H,4-9H2,1H3,(H,20,21)/t15-/m1/s1. The van der Waals surface area contributed by atoms with Crippen LogP contribution in [0.25, 0.3) is 0 Å². The van der Waals surface area contributed by atoms with E-state index in [9.17, 15) is 14.3 Å². The lowest BCUT2D eigenvalue weighted by atomic mass is 10.0. The Morgan fingerprint density at radius 1 is 1.43 bits per heavy atom. The zero-order chi connectivity index (χ0) is 16.8. The van der Waals surface area contributed by atoms with Crippen LogP contribution in [0.3, 0.4) is 0 Å². The van der Waals surface area contributed by atoms with Gasteiger partial charge >= 0.3 is 5.97 Å². The summed E-state index contributed by atoms with van der Waals surface area (Å²) in [5.41, 5.74) is 0.489. The van der Waals surface area contributed by atoms with E-state index in [1.165, 1.54) is 18.2 Å². The number of aliphatic carboxylic acids is 1. The van der Waals surface area contributed by atoms with Gasteiger partial charge in [0, 0.05) is 20.2 Å². The molecule has 1 fully saturated rings. The van der Waals surface area contributed by atoms with Crippen LogP contribution in [0.15, 0.2) is 18.2 Å². The summed E-state index contributed by atoms with van der Waals surface area (Å²) in [7, 11) is 1.62. The molecular formula is C16H21ClFNO4. The molecule has 1 aliphatic heterocycles. The first-order chi connectivity index (χ1) is 11.0. The first kappa shape index (κ1) is 18.1. The van der Waals surface area contributed by atoms with Crippen molar-refractivity contribution in [1.82, 2.24) is 4.90 Å². The molecule has 1 aromatic carbocycles. The summed E-state index contributed by atoms with van der Waals surface area (Å²) >= 11 is 5.78. The Balaban J connectivity index is 2.00. The summed E-state index contributed by atoms with van der Waals surface area (Å²) in [6.07, 6.45) is 1.62. The average Bonchev–Trinajstić information content (AvgIpc) is 2.52. The highest BCUT2D eigenvalue weighted by molar-refractivity contribution is 6.30. The SMILES string of the molecule is COCCOC1CCN([C@@H](C(=O)O)c2ccc(F)c(Cl)c2)CC1. The van der Waals surface area contributed by atoms with Crippen LogP contribution in [0, 0.1) is 5.82 Å². The van der Waals surface area contributed by atoms with Crippen molar-refractivity contribution in [3.8, 4) is 0 Å². The molecule has 1 aromatic rings. The molecule has 1 heterocycles. The van der Waals surface area contributed by atoms with Crippen molar-refractivity contribution in [3.63, 3.8) is 0 Å². The van der Waals surface area contributed by atoms with Crippen molar-refractivity contribution < 1.29 is 23.8 Å². The largest absolute Gasteiger partial charge is 0.480 e. The Hall–Kier alpha value is -1.21. The van der Waals surface area contributed by atoms with Gasteiger partial charge in [0.05, 0.1) is 24.3 Å². The molecule has 0 spiro atoms. The molecule has 1 N–H and O–H groups in total. The summed E-state index contributed by atoms with van der Waals surface area (Å²) in [6, 6.07) is 3.24. The van der Waals surface area contributed by atoms with E-state index in [1.807, 2.05) is 4.90 Å². The number of rotatable bonds is 7. The summed E-state index contributed by atoms with van der Waals surface area (Å²) in [6.45, 7) is 2.29. The minimum absolute atomic E-state index is 0.0634. The molecule has 0 bridgehead atoms. The Morgan fingerprint density at radius 3 is 2.70 bits per heavy atom. The highest BCUT2D eigenvalue weighted by Gasteiger charge is 2.31. The second-order valence-corrected chi connectivity index (χ2v) is 5.92. The number of benzene rings is 1. The number of likely N-dealkylation sites (tertiary alicyclic amines) is 1. The maximum absolute atomic E-state index is 13.3. The van der Waals surface area contributed by atoms with Crippen LogP contribution in [-0.2, 0) is 14.3 Å². The van der Waals surface area contributed by atoms with E-state index in [1.54, 1.807) is 7.11 Å². The predicted octanol–water partition coefficient (Wildman–Crippen LogP) is 2.73. The number of halogens is 2. The zero-order valence-electron chi connectivity index (χ0n) is 13.0. The molecule has 1 saturated heterocycles. The fourth-order valence-corrected chi connectivity index (χ4v) is 2.98. The van der Waals surface area contributed by atoms with Crippen LogP contribution in [0.5, 0.6) is 0 Å². The third-order valence-corrected chi connectivity index (χ3v) is 4.27. The summed E-state index contributed by atoms with van der Waals surface area (Å²) in [5.74, 6) is -1.52. The van der Waals surface area contributed by atoms with E-state index < -0.39 is 17.8 Å². The lowest BCUT2D eigenvalue weighted by molar-refractivity contribution is -0.145. The smallest absolute Gasteiger partial charge is 0.325 e. The molecule has 0 amide bonds. The zero-order valence-corrected chi connectivity index (χ0v) is 13.8. The fraction of sp³-hybridized carbons (Fsp3) is 0.562. The highest BCUT2D eigenvalue weighted by atomic mass is 35.5. The molecule has 23 heavy (non-hydrogen) atoms. The van der Waals surface area contributed by atoms with Crippen molar-refractivity contribution in [2.24, 2.45) is 0 Å². The molecule has 2 rings (SSSR count). The minimum atomic E-state index is -0.966. The average molecular weight is 346 g/mol. The van der Waals surface area contributed by atoms with Crippen molar-refractivity contribution >= 4 is 17.6 Å². The van der Waals surface area contributed by atoms with Gasteiger partial charge in [-0.05, 0) is 30.5 Å². The molecular weight excluding hydrogens is 325 g/mol. The molecule has 0 saturated carbocycles. The molecule has 1 aliphatic rings. The third-order valence-electron chi connectivity index (χ3n) is 3.98. The molecule has 0 aromatic heterocycles. The van der Waals surface area contributed by atoms with Crippen LogP contribution in [0.1, 0.15) is 24.4 Å². The number of methoxy groups -OCH3 is 1. The van der Waals surface area contributed by atoms with Gasteiger partial charge in [-0.3, -0.25) is 9.69 Å². The van der Waals surface area contributed by atoms with Gasteiger partial charge in [0.2, 0.25) is 0 Å². The van der Waals surface area contributed by atoms with Crippen LogP contribution >= 0.6 is 11.6 Å². The molecule has 128 valence electrons. The van der Waals surface area contributed by atoms with E-state index in [0.29, 0.717) is 31.9 Å². The molecule has 1 atom stereocenters. The van der Waals surface area contributed by atoms with Gasteiger partial charge in [-0.25, -0.2) is 4.39 Å². The van der Waals surface area contributed by atoms with Gasteiger partial charge < -0.3 is 14.6 Å². The van der Waals surface area contributed by atoms with Gasteiger partial charge in [0.1, 0.15) is 11.9 Å². The number of carboxylic acid groups (broad SMARTS) is 1. The first-order valence-corrected chi connectivity index (χ1v) is 7.93. The third kappa shape index (κ3) is 4.88. The number of nitrogens with zero attached hydrogens (tertiary/aromatic N) is 1. The number of ether oxygens (including phenoxy) is 2. The van der Waals surface area contributed by atoms with Crippen LogP contribution in [0.2, 0.25) is 5.02 Å². The number of hydrogen-bond donors (Lipinski definition) is 1. The molecule has 0 unspecified atom stereocenters. The van der Waals surface area contributed by atoms with Gasteiger partial charge in [0.15, 0.2) is 0 Å². The summed E-state index contributed by atoms with van der Waals surface area (Å²) in [5, 5.41) is 9.49. The monoisotopic (exact) mass is 345 g/mol. The number of hydrogen-bond acceptors (Lipinski definition) is 4. The second-order valence-electron chi connectivity index (χ2n) is 5.51. The maximum Gasteiger partial charge on any atom is 0.325 e. The van der Waals surface area contributed by atoms with E-state index in [2.05, 4.69) is 0 Å². The Morgan fingerprint density at radius 2 is 2.13 bits per heavy atom. The van der Waals surface area contributed by atoms with Crippen molar-refractivity contribution in [2.45, 2.75) is 25.0 Å². The van der Waals surface area contributed by atoms with E-state index >= 15 is 0 Å². The van der Waals surface area contributed by atoms with Crippen LogP contribution < -0.4 is 0 Å². The second kappa shape index (κ2) is 8.59. The summed E-state index contributed by atoms with van der Waals surface area (Å²) < 4.78 is 23.9. The molecule has 5 nitrogen and oxygen atoms in total. The Bertz CT molecular complexity index is 535.